The number of hydrogen-bond donors (Lipinski definition) is 0. The molecule has 5 heteroatoms. The molecule has 0 aliphatic carbocycles. The van der Waals surface area contributed by atoms with Crippen LogP contribution in [0.15, 0.2) is 60.7 Å². The molecular formula is C17H16N4Si. The molecule has 2 heterocycles. The van der Waals surface area contributed by atoms with Crippen molar-refractivity contribution in [3.8, 4) is 17.1 Å². The predicted octanol–water partition coefficient (Wildman–Crippen LogP) is 1.49. The third-order valence-electron chi connectivity index (χ3n) is 3.97. The molecule has 0 N–H and O–H groups in total. The van der Waals surface area contributed by atoms with Gasteiger partial charge in [-0.25, -0.2) is 0 Å². The minimum absolute atomic E-state index is 0.923. The Bertz CT molecular complexity index is 939. The van der Waals surface area contributed by atoms with E-state index in [1.54, 1.807) is 4.63 Å². The first-order chi connectivity index (χ1) is 10.8. The number of hydrogen-bond acceptors (Lipinski definition) is 2. The van der Waals surface area contributed by atoms with E-state index in [0.717, 1.165) is 38.7 Å². The maximum absolute atomic E-state index is 4.73. The van der Waals surface area contributed by atoms with Crippen molar-refractivity contribution in [1.29, 1.82) is 0 Å². The summed E-state index contributed by atoms with van der Waals surface area (Å²) in [6, 6.07) is 20.6. The van der Waals surface area contributed by atoms with E-state index >= 15 is 0 Å². The molecule has 0 saturated carbocycles. The molecular weight excluding hydrogens is 288 g/mol. The van der Waals surface area contributed by atoms with Crippen LogP contribution in [0.4, 0.5) is 0 Å². The Labute approximate surface area is 131 Å². The van der Waals surface area contributed by atoms with Crippen LogP contribution >= 0.6 is 0 Å². The van der Waals surface area contributed by atoms with Crippen molar-refractivity contribution in [1.82, 2.24) is 19.4 Å². The zero-order valence-electron chi connectivity index (χ0n) is 12.6. The quantitative estimate of drug-likeness (QED) is 0.526. The maximum atomic E-state index is 4.73. The van der Waals surface area contributed by atoms with E-state index in [9.17, 15) is 0 Å². The van der Waals surface area contributed by atoms with Gasteiger partial charge < -0.3 is 0 Å². The summed E-state index contributed by atoms with van der Waals surface area (Å²) in [4.78, 5) is 0. The van der Waals surface area contributed by atoms with Gasteiger partial charge in [0.2, 0.25) is 0 Å². The minimum atomic E-state index is 0.923. The second kappa shape index (κ2) is 4.96. The predicted molar refractivity (Wildman–Crippen MR) is 92.1 cm³/mol. The van der Waals surface area contributed by atoms with E-state index < -0.39 is 0 Å². The smallest absolute Gasteiger partial charge is 0.168 e. The monoisotopic (exact) mass is 304 g/mol. The van der Waals surface area contributed by atoms with Gasteiger partial charge in [0.05, 0.1) is 5.69 Å². The molecule has 2 aromatic heterocycles. The van der Waals surface area contributed by atoms with E-state index in [1.165, 1.54) is 5.19 Å². The van der Waals surface area contributed by atoms with Crippen molar-refractivity contribution in [2.75, 3.05) is 0 Å². The van der Waals surface area contributed by atoms with Gasteiger partial charge in [0, 0.05) is 21.5 Å². The van der Waals surface area contributed by atoms with Crippen LogP contribution in [0.5, 0.6) is 0 Å². The van der Waals surface area contributed by atoms with Crippen molar-refractivity contribution in [3.63, 3.8) is 0 Å². The Balaban J connectivity index is 2.10. The molecule has 4 nitrogen and oxygen atoms in total. The molecule has 22 heavy (non-hydrogen) atoms. The molecule has 0 unspecified atom stereocenters. The molecule has 0 bridgehead atoms. The first kappa shape index (κ1) is 13.0. The SMILES string of the molecule is Cc1nn2nc(-c3ccccc3)n(-c3ccccc3)c2c1[SiH3]. The molecule has 0 radical (unpaired) electrons. The molecule has 0 aliphatic rings. The maximum Gasteiger partial charge on any atom is 0.168 e. The number of nitrogens with zero attached hydrogens (tertiary/aromatic N) is 4. The van der Waals surface area contributed by atoms with Gasteiger partial charge in [-0.05, 0) is 24.2 Å². The van der Waals surface area contributed by atoms with E-state index in [-0.39, 0.29) is 0 Å². The molecule has 108 valence electrons. The van der Waals surface area contributed by atoms with Crippen molar-refractivity contribution in [2.45, 2.75) is 6.92 Å². The first-order valence-electron chi connectivity index (χ1n) is 7.31. The third kappa shape index (κ3) is 1.90. The van der Waals surface area contributed by atoms with Crippen molar-refractivity contribution in [3.05, 3.63) is 66.4 Å². The summed E-state index contributed by atoms with van der Waals surface area (Å²) in [6.07, 6.45) is 0. The summed E-state index contributed by atoms with van der Waals surface area (Å²) in [6.45, 7) is 2.05. The number of rotatable bonds is 2. The fourth-order valence-electron chi connectivity index (χ4n) is 2.73. The lowest BCUT2D eigenvalue weighted by atomic mass is 10.2. The van der Waals surface area contributed by atoms with Gasteiger partial charge in [-0.1, -0.05) is 48.5 Å². The molecule has 0 amide bonds. The van der Waals surface area contributed by atoms with Crippen LogP contribution in [0, 0.1) is 6.92 Å². The van der Waals surface area contributed by atoms with Crippen LogP contribution in [0.3, 0.4) is 0 Å². The average molecular weight is 304 g/mol. The van der Waals surface area contributed by atoms with Crippen molar-refractivity contribution >= 4 is 21.1 Å². The molecule has 0 atom stereocenters. The van der Waals surface area contributed by atoms with Crippen molar-refractivity contribution in [2.24, 2.45) is 0 Å². The van der Waals surface area contributed by atoms with Gasteiger partial charge in [-0.2, -0.15) is 5.10 Å². The van der Waals surface area contributed by atoms with Gasteiger partial charge in [0.15, 0.2) is 11.5 Å². The standard InChI is InChI=1S/C17H16N4Si/c1-12-15(22)17-20(14-10-6-3-7-11-14)16(19-21(17)18-12)13-8-4-2-5-9-13/h2-11H,1,22H3. The largest absolute Gasteiger partial charge is 0.276 e. The lowest BCUT2D eigenvalue weighted by Gasteiger charge is -2.08. The number of aryl methyl sites for hydroxylation is 1. The molecule has 4 aromatic rings. The van der Waals surface area contributed by atoms with Gasteiger partial charge >= 0.3 is 0 Å². The topological polar surface area (TPSA) is 35.1 Å². The van der Waals surface area contributed by atoms with Crippen molar-refractivity contribution < 1.29 is 0 Å². The lowest BCUT2D eigenvalue weighted by molar-refractivity contribution is 0.810. The van der Waals surface area contributed by atoms with Gasteiger partial charge in [0.1, 0.15) is 0 Å². The molecule has 0 aliphatic heterocycles. The highest BCUT2D eigenvalue weighted by molar-refractivity contribution is 6.37. The van der Waals surface area contributed by atoms with Crippen LogP contribution in [0.1, 0.15) is 5.69 Å². The summed E-state index contributed by atoms with van der Waals surface area (Å²) >= 11 is 0. The van der Waals surface area contributed by atoms with Gasteiger partial charge in [0.25, 0.3) is 0 Å². The number of fused-ring (bicyclic) bond motifs is 1. The third-order valence-corrected chi connectivity index (χ3v) is 5.14. The fraction of sp³-hybridized carbons (Fsp3) is 0.0588. The summed E-state index contributed by atoms with van der Waals surface area (Å²) in [5.41, 5.74) is 4.35. The highest BCUT2D eigenvalue weighted by Gasteiger charge is 2.18. The summed E-state index contributed by atoms with van der Waals surface area (Å²) in [5.74, 6) is 0.923. The van der Waals surface area contributed by atoms with Gasteiger partial charge in [-0.15, -0.1) is 9.73 Å². The normalized spacial score (nSPS) is 11.3. The number of benzene rings is 2. The van der Waals surface area contributed by atoms with E-state index in [1.807, 2.05) is 24.3 Å². The van der Waals surface area contributed by atoms with Gasteiger partial charge in [-0.3, -0.25) is 4.57 Å². The Morgan fingerprint density at radius 3 is 2.18 bits per heavy atom. The summed E-state index contributed by atoms with van der Waals surface area (Å²) in [5, 5.41) is 10.6. The summed E-state index contributed by atoms with van der Waals surface area (Å²) < 4.78 is 3.98. The number of aromatic nitrogens is 4. The zero-order valence-corrected chi connectivity index (χ0v) is 14.6. The van der Waals surface area contributed by atoms with E-state index in [0.29, 0.717) is 0 Å². The van der Waals surface area contributed by atoms with Crippen LogP contribution in [0.25, 0.3) is 22.7 Å². The van der Waals surface area contributed by atoms with Crippen LogP contribution < -0.4 is 5.19 Å². The fourth-order valence-corrected chi connectivity index (χ4v) is 3.26. The van der Waals surface area contributed by atoms with E-state index in [4.69, 9.17) is 5.10 Å². The Hall–Kier alpha value is -2.66. The highest BCUT2D eigenvalue weighted by Crippen LogP contribution is 2.24. The van der Waals surface area contributed by atoms with Crippen LogP contribution in [0.2, 0.25) is 0 Å². The molecule has 4 rings (SSSR count). The Morgan fingerprint density at radius 2 is 1.50 bits per heavy atom. The summed E-state index contributed by atoms with van der Waals surface area (Å²) in [7, 11) is 0.943. The first-order valence-corrected chi connectivity index (χ1v) is 8.31. The average Bonchev–Trinajstić information content (AvgIpc) is 3.06. The second-order valence-corrected chi connectivity index (χ2v) is 6.38. The van der Waals surface area contributed by atoms with Crippen LogP contribution in [-0.2, 0) is 0 Å². The Morgan fingerprint density at radius 1 is 0.864 bits per heavy atom. The highest BCUT2D eigenvalue weighted by atomic mass is 28.1. The lowest BCUT2D eigenvalue weighted by Crippen LogP contribution is -2.09. The molecule has 2 aromatic carbocycles. The number of para-hydroxylation sites is 1. The Kier molecular flexibility index (Phi) is 2.94. The molecule has 0 spiro atoms. The van der Waals surface area contributed by atoms with E-state index in [2.05, 4.69) is 53.0 Å². The molecule has 0 saturated heterocycles. The minimum Gasteiger partial charge on any atom is -0.276 e. The molecule has 0 fully saturated rings. The second-order valence-electron chi connectivity index (χ2n) is 5.38. The zero-order chi connectivity index (χ0) is 15.1. The van der Waals surface area contributed by atoms with Crippen LogP contribution in [-0.4, -0.2) is 29.6 Å².